The van der Waals surface area contributed by atoms with Gasteiger partial charge in [-0.05, 0) is 5.92 Å². The highest BCUT2D eigenvalue weighted by atomic mass is 127. The van der Waals surface area contributed by atoms with Crippen LogP contribution in [0, 0.1) is 5.92 Å². The molecule has 1 aliphatic heterocycles. The fraction of sp³-hybridized carbons (Fsp3) is 0.833. The molecule has 1 saturated heterocycles. The summed E-state index contributed by atoms with van der Waals surface area (Å²) in [5, 5.41) is 2.81. The van der Waals surface area contributed by atoms with Gasteiger partial charge in [-0.15, -0.1) is 0 Å². The van der Waals surface area contributed by atoms with E-state index in [1.165, 1.54) is 0 Å². The van der Waals surface area contributed by atoms with Gasteiger partial charge in [0.1, 0.15) is 0 Å². The van der Waals surface area contributed by atoms with Crippen LogP contribution < -0.4 is 5.32 Å². The first-order valence-electron chi connectivity index (χ1n) is 3.11. The van der Waals surface area contributed by atoms with E-state index in [9.17, 15) is 4.79 Å². The number of hydrogen-bond donors (Lipinski definition) is 1. The lowest BCUT2D eigenvalue weighted by atomic mass is 10.1. The molecule has 1 amide bonds. The molecule has 0 saturated carbocycles. The SMILES string of the molecule is CC(I)[C@@H]1CNC(=O)C1. The number of halogens is 1. The molecular weight excluding hydrogens is 229 g/mol. The predicted molar refractivity (Wildman–Crippen MR) is 44.6 cm³/mol. The summed E-state index contributed by atoms with van der Waals surface area (Å²) in [6, 6.07) is 0. The summed E-state index contributed by atoms with van der Waals surface area (Å²) < 4.78 is 0.613. The van der Waals surface area contributed by atoms with Crippen LogP contribution in [0.5, 0.6) is 0 Å². The summed E-state index contributed by atoms with van der Waals surface area (Å²) in [5.74, 6) is 0.779. The van der Waals surface area contributed by atoms with Crippen LogP contribution >= 0.6 is 22.6 Å². The van der Waals surface area contributed by atoms with E-state index in [4.69, 9.17) is 0 Å². The molecule has 1 rings (SSSR count). The minimum absolute atomic E-state index is 0.212. The van der Waals surface area contributed by atoms with Crippen LogP contribution in [0.25, 0.3) is 0 Å². The van der Waals surface area contributed by atoms with Gasteiger partial charge in [-0.3, -0.25) is 4.79 Å². The molecule has 1 aliphatic rings. The molecule has 52 valence electrons. The maximum Gasteiger partial charge on any atom is 0.220 e. The minimum Gasteiger partial charge on any atom is -0.356 e. The van der Waals surface area contributed by atoms with Crippen molar-refractivity contribution in [3.8, 4) is 0 Å². The quantitative estimate of drug-likeness (QED) is 0.535. The van der Waals surface area contributed by atoms with Crippen molar-refractivity contribution in [2.24, 2.45) is 5.92 Å². The zero-order valence-corrected chi connectivity index (χ0v) is 7.51. The fourth-order valence-electron chi connectivity index (χ4n) is 0.952. The van der Waals surface area contributed by atoms with Gasteiger partial charge in [0, 0.05) is 16.9 Å². The monoisotopic (exact) mass is 239 g/mol. The molecule has 0 aromatic rings. The Hall–Kier alpha value is 0.200. The van der Waals surface area contributed by atoms with E-state index in [2.05, 4.69) is 34.8 Å². The normalized spacial score (nSPS) is 30.0. The average Bonchev–Trinajstić information content (AvgIpc) is 2.14. The number of nitrogens with one attached hydrogen (secondary N) is 1. The number of carbonyl (C=O) groups excluding carboxylic acids is 1. The molecule has 3 heteroatoms. The first-order chi connectivity index (χ1) is 4.20. The highest BCUT2D eigenvalue weighted by Gasteiger charge is 2.24. The number of alkyl halides is 1. The van der Waals surface area contributed by atoms with Crippen LogP contribution in [0.15, 0.2) is 0 Å². The first-order valence-corrected chi connectivity index (χ1v) is 4.35. The smallest absolute Gasteiger partial charge is 0.220 e. The molecular formula is C6H10INO. The van der Waals surface area contributed by atoms with Gasteiger partial charge in [-0.25, -0.2) is 0 Å². The lowest BCUT2D eigenvalue weighted by Crippen LogP contribution is -2.16. The second-order valence-corrected chi connectivity index (χ2v) is 4.41. The Bertz CT molecular complexity index is 124. The molecule has 0 aromatic heterocycles. The fourth-order valence-corrected chi connectivity index (χ4v) is 1.46. The van der Waals surface area contributed by atoms with Gasteiger partial charge in [0.2, 0.25) is 5.91 Å². The molecule has 1 unspecified atom stereocenters. The van der Waals surface area contributed by atoms with E-state index in [0.29, 0.717) is 9.84 Å². The van der Waals surface area contributed by atoms with Crippen LogP contribution in [0.4, 0.5) is 0 Å². The molecule has 0 aliphatic carbocycles. The lowest BCUT2D eigenvalue weighted by Gasteiger charge is -2.07. The molecule has 0 radical (unpaired) electrons. The van der Waals surface area contributed by atoms with E-state index >= 15 is 0 Å². The zero-order valence-electron chi connectivity index (χ0n) is 5.36. The number of rotatable bonds is 1. The molecule has 2 atom stereocenters. The largest absolute Gasteiger partial charge is 0.356 e. The Morgan fingerprint density at radius 1 is 1.89 bits per heavy atom. The van der Waals surface area contributed by atoms with Crippen LogP contribution in [-0.4, -0.2) is 16.4 Å². The highest BCUT2D eigenvalue weighted by molar-refractivity contribution is 14.1. The number of amides is 1. The number of carbonyl (C=O) groups is 1. The summed E-state index contributed by atoms with van der Waals surface area (Å²) >= 11 is 2.36. The molecule has 1 N–H and O–H groups in total. The van der Waals surface area contributed by atoms with E-state index in [1.54, 1.807) is 0 Å². The van der Waals surface area contributed by atoms with Crippen LogP contribution in [-0.2, 0) is 4.79 Å². The van der Waals surface area contributed by atoms with Crippen molar-refractivity contribution in [3.05, 3.63) is 0 Å². The van der Waals surface area contributed by atoms with Crippen molar-refractivity contribution < 1.29 is 4.79 Å². The maximum atomic E-state index is 10.6. The summed E-state index contributed by atoms with van der Waals surface area (Å²) in [5.41, 5.74) is 0. The van der Waals surface area contributed by atoms with Crippen molar-refractivity contribution in [1.29, 1.82) is 0 Å². The first kappa shape index (κ1) is 7.31. The van der Waals surface area contributed by atoms with Crippen molar-refractivity contribution in [1.82, 2.24) is 5.32 Å². The molecule has 2 nitrogen and oxygen atoms in total. The van der Waals surface area contributed by atoms with Crippen LogP contribution in [0.2, 0.25) is 0 Å². The van der Waals surface area contributed by atoms with E-state index < -0.39 is 0 Å². The summed E-state index contributed by atoms with van der Waals surface area (Å²) in [7, 11) is 0. The molecule has 1 heterocycles. The third-order valence-electron chi connectivity index (χ3n) is 1.66. The molecule has 0 bridgehead atoms. The van der Waals surface area contributed by atoms with Crippen LogP contribution in [0.1, 0.15) is 13.3 Å². The van der Waals surface area contributed by atoms with Crippen molar-refractivity contribution >= 4 is 28.5 Å². The third-order valence-corrected chi connectivity index (χ3v) is 2.68. The van der Waals surface area contributed by atoms with Gasteiger partial charge in [0.15, 0.2) is 0 Å². The van der Waals surface area contributed by atoms with Crippen LogP contribution in [0.3, 0.4) is 0 Å². The summed E-state index contributed by atoms with van der Waals surface area (Å²) in [6.07, 6.45) is 0.726. The van der Waals surface area contributed by atoms with Gasteiger partial charge in [0.05, 0.1) is 0 Å². The molecule has 0 aromatic carbocycles. The minimum atomic E-state index is 0.212. The van der Waals surface area contributed by atoms with E-state index in [-0.39, 0.29) is 5.91 Å². The molecule has 0 spiro atoms. The Morgan fingerprint density at radius 3 is 2.78 bits per heavy atom. The number of hydrogen-bond acceptors (Lipinski definition) is 1. The summed E-state index contributed by atoms with van der Waals surface area (Å²) in [6.45, 7) is 3.02. The Kier molecular flexibility index (Phi) is 2.32. The Balaban J connectivity index is 2.39. The maximum absolute atomic E-state index is 10.6. The van der Waals surface area contributed by atoms with Gasteiger partial charge in [-0.2, -0.15) is 0 Å². The van der Waals surface area contributed by atoms with Crippen molar-refractivity contribution in [2.75, 3.05) is 6.54 Å². The topological polar surface area (TPSA) is 29.1 Å². The standard InChI is InChI=1S/C6H10INO/c1-4(7)5-2-6(9)8-3-5/h4-5H,2-3H2,1H3,(H,8,9)/t4?,5-/m0/s1. The second-order valence-electron chi connectivity index (χ2n) is 2.45. The third kappa shape index (κ3) is 1.81. The second kappa shape index (κ2) is 2.86. The van der Waals surface area contributed by atoms with Gasteiger partial charge < -0.3 is 5.32 Å². The zero-order chi connectivity index (χ0) is 6.85. The molecule has 1 fully saturated rings. The van der Waals surface area contributed by atoms with Gasteiger partial charge in [-0.1, -0.05) is 29.5 Å². The summed E-state index contributed by atoms with van der Waals surface area (Å²) in [4.78, 5) is 10.6. The van der Waals surface area contributed by atoms with Crippen molar-refractivity contribution in [3.63, 3.8) is 0 Å². The van der Waals surface area contributed by atoms with Gasteiger partial charge >= 0.3 is 0 Å². The predicted octanol–water partition coefficient (Wildman–Crippen LogP) is 0.946. The van der Waals surface area contributed by atoms with E-state index in [0.717, 1.165) is 13.0 Å². The lowest BCUT2D eigenvalue weighted by molar-refractivity contribution is -0.119. The highest BCUT2D eigenvalue weighted by Crippen LogP contribution is 2.19. The van der Waals surface area contributed by atoms with E-state index in [1.807, 2.05) is 0 Å². The van der Waals surface area contributed by atoms with Crippen molar-refractivity contribution in [2.45, 2.75) is 17.3 Å². The molecule has 9 heavy (non-hydrogen) atoms. The average molecular weight is 239 g/mol. The Labute approximate surface area is 68.5 Å². The Morgan fingerprint density at radius 2 is 2.56 bits per heavy atom. The van der Waals surface area contributed by atoms with Gasteiger partial charge in [0.25, 0.3) is 0 Å².